The molecule has 148 valence electrons. The van der Waals surface area contributed by atoms with Crippen LogP contribution in [0.1, 0.15) is 68.6 Å². The van der Waals surface area contributed by atoms with E-state index in [4.69, 9.17) is 0 Å². The Balaban J connectivity index is 1.31. The number of nitrogens with one attached hydrogen (secondary N) is 1. The molecule has 2 saturated carbocycles. The molecule has 1 aromatic rings. The van der Waals surface area contributed by atoms with Crippen LogP contribution in [0, 0.1) is 5.92 Å². The van der Waals surface area contributed by atoms with E-state index in [1.54, 1.807) is 6.20 Å². The van der Waals surface area contributed by atoms with E-state index >= 15 is 0 Å². The van der Waals surface area contributed by atoms with E-state index in [0.717, 1.165) is 50.4 Å². The summed E-state index contributed by atoms with van der Waals surface area (Å²) in [6.45, 7) is 6.07. The summed E-state index contributed by atoms with van der Waals surface area (Å²) in [5.74, 6) is 1.80. The lowest BCUT2D eigenvalue weighted by Crippen LogP contribution is -2.40. The van der Waals surface area contributed by atoms with Crippen molar-refractivity contribution in [1.29, 1.82) is 0 Å². The van der Waals surface area contributed by atoms with Crippen LogP contribution in [-0.2, 0) is 0 Å². The van der Waals surface area contributed by atoms with Crippen LogP contribution < -0.4 is 5.32 Å². The molecule has 1 N–H and O–H groups in total. The Kier molecular flexibility index (Phi) is 5.96. The lowest BCUT2D eigenvalue weighted by molar-refractivity contribution is 0.0754. The van der Waals surface area contributed by atoms with Crippen molar-refractivity contribution in [2.75, 3.05) is 31.5 Å². The molecule has 1 aliphatic heterocycles. The molecule has 4 rings (SSSR count). The molecule has 1 saturated heterocycles. The van der Waals surface area contributed by atoms with E-state index in [-0.39, 0.29) is 5.91 Å². The topological polar surface area (TPSA) is 48.5 Å². The third kappa shape index (κ3) is 4.81. The smallest absolute Gasteiger partial charge is 0.255 e. The number of rotatable bonds is 5. The van der Waals surface area contributed by atoms with Gasteiger partial charge in [0, 0.05) is 44.5 Å². The molecule has 5 heteroatoms. The molecule has 5 nitrogen and oxygen atoms in total. The molecule has 1 atom stereocenters. The maximum absolute atomic E-state index is 12.9. The van der Waals surface area contributed by atoms with Crippen LogP contribution in [0.4, 0.5) is 5.82 Å². The average molecular weight is 371 g/mol. The predicted octanol–water partition coefficient (Wildman–Crippen LogP) is 3.77. The molecule has 2 aliphatic carbocycles. The van der Waals surface area contributed by atoms with Crippen molar-refractivity contribution in [3.8, 4) is 0 Å². The van der Waals surface area contributed by atoms with Gasteiger partial charge < -0.3 is 10.2 Å². The summed E-state index contributed by atoms with van der Waals surface area (Å²) < 4.78 is 0. The van der Waals surface area contributed by atoms with Gasteiger partial charge in [0.25, 0.3) is 5.91 Å². The summed E-state index contributed by atoms with van der Waals surface area (Å²) in [5.41, 5.74) is 0.714. The Morgan fingerprint density at radius 1 is 1.04 bits per heavy atom. The van der Waals surface area contributed by atoms with Gasteiger partial charge in [-0.15, -0.1) is 0 Å². The highest BCUT2D eigenvalue weighted by molar-refractivity contribution is 5.94. The summed E-state index contributed by atoms with van der Waals surface area (Å²) in [4.78, 5) is 22.1. The fraction of sp³-hybridized carbons (Fsp3) is 0.727. The number of anilines is 1. The van der Waals surface area contributed by atoms with E-state index in [1.165, 1.54) is 44.9 Å². The SMILES string of the molecule is C[C@@H](Nc1ccc(C(=O)N2CCCN(C3CCCCC3)CC2)cn1)C1CC1. The second-order valence-electron chi connectivity index (χ2n) is 8.68. The van der Waals surface area contributed by atoms with Gasteiger partial charge in [0.1, 0.15) is 5.82 Å². The zero-order valence-corrected chi connectivity index (χ0v) is 16.7. The highest BCUT2D eigenvalue weighted by atomic mass is 16.2. The molecule has 27 heavy (non-hydrogen) atoms. The Labute approximate surface area is 163 Å². The first-order chi connectivity index (χ1) is 13.2. The van der Waals surface area contributed by atoms with E-state index in [1.807, 2.05) is 17.0 Å². The number of nitrogens with zero attached hydrogens (tertiary/aromatic N) is 3. The van der Waals surface area contributed by atoms with Gasteiger partial charge in [-0.25, -0.2) is 4.98 Å². The largest absolute Gasteiger partial charge is 0.367 e. The Morgan fingerprint density at radius 2 is 1.85 bits per heavy atom. The van der Waals surface area contributed by atoms with Crippen molar-refractivity contribution in [2.24, 2.45) is 5.92 Å². The minimum Gasteiger partial charge on any atom is -0.367 e. The van der Waals surface area contributed by atoms with Crippen molar-refractivity contribution in [3.63, 3.8) is 0 Å². The first kappa shape index (κ1) is 18.7. The molecule has 2 heterocycles. The average Bonchev–Trinajstić information content (AvgIpc) is 3.55. The van der Waals surface area contributed by atoms with Crippen LogP contribution in [0.5, 0.6) is 0 Å². The first-order valence-corrected chi connectivity index (χ1v) is 11.0. The molecule has 0 unspecified atom stereocenters. The molecule has 3 fully saturated rings. The van der Waals surface area contributed by atoms with Crippen molar-refractivity contribution < 1.29 is 4.79 Å². The van der Waals surface area contributed by atoms with Gasteiger partial charge in [-0.3, -0.25) is 9.69 Å². The van der Waals surface area contributed by atoms with Gasteiger partial charge in [0.05, 0.1) is 5.56 Å². The molecule has 0 radical (unpaired) electrons. The summed E-state index contributed by atoms with van der Waals surface area (Å²) in [7, 11) is 0. The van der Waals surface area contributed by atoms with Crippen LogP contribution in [0.25, 0.3) is 0 Å². The van der Waals surface area contributed by atoms with E-state index in [0.29, 0.717) is 11.6 Å². The number of hydrogen-bond donors (Lipinski definition) is 1. The summed E-state index contributed by atoms with van der Waals surface area (Å²) in [5, 5.41) is 3.46. The fourth-order valence-electron chi connectivity index (χ4n) is 4.69. The van der Waals surface area contributed by atoms with Gasteiger partial charge in [-0.1, -0.05) is 19.3 Å². The van der Waals surface area contributed by atoms with Crippen LogP contribution in [0.2, 0.25) is 0 Å². The quantitative estimate of drug-likeness (QED) is 0.857. The first-order valence-electron chi connectivity index (χ1n) is 11.0. The van der Waals surface area contributed by atoms with Gasteiger partial charge in [-0.2, -0.15) is 0 Å². The molecule has 3 aliphatic rings. The number of carbonyl (C=O) groups excluding carboxylic acids is 1. The normalized spacial score (nSPS) is 23.7. The third-order valence-corrected chi connectivity index (χ3v) is 6.62. The van der Waals surface area contributed by atoms with Crippen LogP contribution >= 0.6 is 0 Å². The maximum atomic E-state index is 12.9. The van der Waals surface area contributed by atoms with Crippen molar-refractivity contribution in [2.45, 2.75) is 70.4 Å². The minimum atomic E-state index is 0.134. The van der Waals surface area contributed by atoms with Crippen molar-refractivity contribution in [3.05, 3.63) is 23.9 Å². The van der Waals surface area contributed by atoms with E-state index in [9.17, 15) is 4.79 Å². The molecule has 0 aromatic carbocycles. The minimum absolute atomic E-state index is 0.134. The second kappa shape index (κ2) is 8.59. The molecule has 1 amide bonds. The van der Waals surface area contributed by atoms with Gasteiger partial charge in [-0.05, 0) is 57.1 Å². The number of carbonyl (C=O) groups is 1. The molecule has 0 bridgehead atoms. The third-order valence-electron chi connectivity index (χ3n) is 6.62. The zero-order chi connectivity index (χ0) is 18.6. The molecule has 0 spiro atoms. The molecule has 1 aromatic heterocycles. The highest BCUT2D eigenvalue weighted by Crippen LogP contribution is 2.33. The van der Waals surface area contributed by atoms with Crippen LogP contribution in [0.15, 0.2) is 18.3 Å². The zero-order valence-electron chi connectivity index (χ0n) is 16.7. The lowest BCUT2D eigenvalue weighted by Gasteiger charge is -2.33. The van der Waals surface area contributed by atoms with Gasteiger partial charge in [0.15, 0.2) is 0 Å². The summed E-state index contributed by atoms with van der Waals surface area (Å²) >= 11 is 0. The highest BCUT2D eigenvalue weighted by Gasteiger charge is 2.28. The van der Waals surface area contributed by atoms with Crippen molar-refractivity contribution >= 4 is 11.7 Å². The standard InChI is InChI=1S/C22H34N4O/c1-17(18-8-9-18)24-21-11-10-19(16-23-21)22(27)26-13-5-12-25(14-15-26)20-6-3-2-4-7-20/h10-11,16-18,20H,2-9,12-15H2,1H3,(H,23,24)/t17-/m1/s1. The number of aromatic nitrogens is 1. The van der Waals surface area contributed by atoms with Crippen molar-refractivity contribution in [1.82, 2.24) is 14.8 Å². The van der Waals surface area contributed by atoms with E-state index in [2.05, 4.69) is 22.1 Å². The lowest BCUT2D eigenvalue weighted by atomic mass is 9.94. The summed E-state index contributed by atoms with van der Waals surface area (Å²) in [6, 6.07) is 5.10. The monoisotopic (exact) mass is 370 g/mol. The fourth-order valence-corrected chi connectivity index (χ4v) is 4.69. The number of amides is 1. The molecular formula is C22H34N4O. The Morgan fingerprint density at radius 3 is 2.56 bits per heavy atom. The maximum Gasteiger partial charge on any atom is 0.255 e. The Bertz CT molecular complexity index is 622. The van der Waals surface area contributed by atoms with Crippen LogP contribution in [0.3, 0.4) is 0 Å². The second-order valence-corrected chi connectivity index (χ2v) is 8.68. The van der Waals surface area contributed by atoms with Gasteiger partial charge >= 0.3 is 0 Å². The Hall–Kier alpha value is -1.62. The number of hydrogen-bond acceptors (Lipinski definition) is 4. The van der Waals surface area contributed by atoms with Gasteiger partial charge in [0.2, 0.25) is 0 Å². The molecular weight excluding hydrogens is 336 g/mol. The predicted molar refractivity (Wildman–Crippen MR) is 109 cm³/mol. The van der Waals surface area contributed by atoms with Crippen LogP contribution in [-0.4, -0.2) is 59.0 Å². The summed E-state index contributed by atoms with van der Waals surface area (Å²) in [6.07, 6.45) is 12.3. The number of pyridine rings is 1. The van der Waals surface area contributed by atoms with E-state index < -0.39 is 0 Å².